The van der Waals surface area contributed by atoms with Crippen molar-refractivity contribution in [2.45, 2.75) is 83.9 Å². The number of fused-ring (bicyclic) bond motifs is 1. The average molecular weight is 568 g/mol. The quantitative estimate of drug-likeness (QED) is 0.546. The molecule has 0 spiro atoms. The number of carbonyl (C=O) groups is 4. The van der Waals surface area contributed by atoms with Crippen LogP contribution in [0.5, 0.6) is 0 Å². The van der Waals surface area contributed by atoms with E-state index in [0.717, 1.165) is 82.0 Å². The van der Waals surface area contributed by atoms with E-state index in [1.54, 1.807) is 4.90 Å². The minimum Gasteiger partial charge on any atom is -0.444 e. The number of hydrogen-bond donors (Lipinski definition) is 1. The standard InChI is InChI=1S/C31H45N5O5/c1-30(2,3)41-29(40)35-12-10-21(11-13-35)19-33-14-16-34(17-15-33)20-22-6-7-24-23(18-22)31(4,5)28(39)36(24)25-8-9-26(37)32-27(25)38/h6-7,18,21,25H,8-17,19-20H2,1-5H3,(H,32,37,38). The molecule has 4 heterocycles. The molecule has 4 aliphatic rings. The van der Waals surface area contributed by atoms with Gasteiger partial charge in [0.05, 0.1) is 5.41 Å². The lowest BCUT2D eigenvalue weighted by Gasteiger charge is -2.39. The summed E-state index contributed by atoms with van der Waals surface area (Å²) < 4.78 is 5.53. The number of nitrogens with zero attached hydrogens (tertiary/aromatic N) is 4. The first-order chi connectivity index (χ1) is 19.3. The van der Waals surface area contributed by atoms with Crippen LogP contribution in [0.25, 0.3) is 0 Å². The summed E-state index contributed by atoms with van der Waals surface area (Å²) in [5.74, 6) is -0.168. The Bertz CT molecular complexity index is 1190. The zero-order chi connectivity index (χ0) is 29.5. The third-order valence-corrected chi connectivity index (χ3v) is 8.92. The second-order valence-electron chi connectivity index (χ2n) is 13.6. The summed E-state index contributed by atoms with van der Waals surface area (Å²) in [6.45, 7) is 17.0. The number of piperazine rings is 1. The van der Waals surface area contributed by atoms with Gasteiger partial charge in [0.2, 0.25) is 17.7 Å². The van der Waals surface area contributed by atoms with Crippen LogP contribution in [-0.4, -0.2) is 96.0 Å². The van der Waals surface area contributed by atoms with Crippen LogP contribution in [0, 0.1) is 5.92 Å². The third kappa shape index (κ3) is 6.43. The molecular weight excluding hydrogens is 522 g/mol. The Morgan fingerprint density at radius 2 is 1.63 bits per heavy atom. The van der Waals surface area contributed by atoms with E-state index < -0.39 is 23.0 Å². The number of amides is 4. The molecule has 224 valence electrons. The molecule has 0 radical (unpaired) electrons. The summed E-state index contributed by atoms with van der Waals surface area (Å²) in [6, 6.07) is 5.52. The second-order valence-corrected chi connectivity index (χ2v) is 13.6. The van der Waals surface area contributed by atoms with Gasteiger partial charge in [-0.1, -0.05) is 12.1 Å². The van der Waals surface area contributed by atoms with Crippen molar-refractivity contribution in [3.8, 4) is 0 Å². The summed E-state index contributed by atoms with van der Waals surface area (Å²) in [7, 11) is 0. The van der Waals surface area contributed by atoms with E-state index in [9.17, 15) is 19.2 Å². The van der Waals surface area contributed by atoms with Gasteiger partial charge in [-0.2, -0.15) is 0 Å². The summed E-state index contributed by atoms with van der Waals surface area (Å²) >= 11 is 0. The predicted octanol–water partition coefficient (Wildman–Crippen LogP) is 2.88. The summed E-state index contributed by atoms with van der Waals surface area (Å²) in [5, 5.41) is 2.39. The van der Waals surface area contributed by atoms with E-state index in [1.165, 1.54) is 0 Å². The average Bonchev–Trinajstić information content (AvgIpc) is 3.09. The minimum atomic E-state index is -0.731. The minimum absolute atomic E-state index is 0.0929. The maximum Gasteiger partial charge on any atom is 0.410 e. The lowest BCUT2D eigenvalue weighted by molar-refractivity contribution is -0.136. The predicted molar refractivity (Wildman–Crippen MR) is 155 cm³/mol. The van der Waals surface area contributed by atoms with Gasteiger partial charge in [-0.05, 0) is 77.0 Å². The van der Waals surface area contributed by atoms with Crippen LogP contribution in [0.3, 0.4) is 0 Å². The van der Waals surface area contributed by atoms with E-state index in [0.29, 0.717) is 12.3 Å². The van der Waals surface area contributed by atoms with Crippen molar-refractivity contribution in [2.24, 2.45) is 5.92 Å². The third-order valence-electron chi connectivity index (χ3n) is 8.92. The normalized spacial score (nSPS) is 24.4. The van der Waals surface area contributed by atoms with E-state index >= 15 is 0 Å². The maximum absolute atomic E-state index is 13.4. The first-order valence-electron chi connectivity index (χ1n) is 15.1. The van der Waals surface area contributed by atoms with Crippen molar-refractivity contribution in [3.05, 3.63) is 29.3 Å². The Hall–Kier alpha value is -2.98. The van der Waals surface area contributed by atoms with Crippen LogP contribution < -0.4 is 10.2 Å². The highest BCUT2D eigenvalue weighted by Crippen LogP contribution is 2.44. The van der Waals surface area contributed by atoms with Crippen molar-refractivity contribution >= 4 is 29.5 Å². The van der Waals surface area contributed by atoms with Gasteiger partial charge >= 0.3 is 6.09 Å². The first kappa shape index (κ1) is 29.5. The molecule has 1 aromatic rings. The highest BCUT2D eigenvalue weighted by Gasteiger charge is 2.49. The number of nitrogens with one attached hydrogen (secondary N) is 1. The van der Waals surface area contributed by atoms with Crippen molar-refractivity contribution in [3.63, 3.8) is 0 Å². The van der Waals surface area contributed by atoms with Gasteiger partial charge in [0.15, 0.2) is 0 Å². The number of ether oxygens (including phenoxy) is 1. The highest BCUT2D eigenvalue weighted by atomic mass is 16.6. The Labute approximate surface area is 243 Å². The number of anilines is 1. The van der Waals surface area contributed by atoms with Gasteiger partial charge in [0, 0.05) is 64.5 Å². The van der Waals surface area contributed by atoms with Crippen molar-refractivity contribution in [1.29, 1.82) is 0 Å². The lowest BCUT2D eigenvalue weighted by Crippen LogP contribution is -2.55. The Balaban J connectivity index is 1.13. The molecule has 0 aliphatic carbocycles. The molecule has 1 unspecified atom stereocenters. The molecule has 1 aromatic carbocycles. The Morgan fingerprint density at radius 1 is 0.976 bits per heavy atom. The molecule has 1 N–H and O–H groups in total. The SMILES string of the molecule is CC(C)(C)OC(=O)N1CCC(CN2CCN(Cc3ccc4c(c3)C(C)(C)C(=O)N4C3CCC(=O)NC3=O)CC2)CC1. The van der Waals surface area contributed by atoms with E-state index in [-0.39, 0.29) is 24.3 Å². The fourth-order valence-electron chi connectivity index (χ4n) is 6.53. The number of piperidine rings is 2. The van der Waals surface area contributed by atoms with E-state index in [1.807, 2.05) is 45.6 Å². The second kappa shape index (κ2) is 11.4. The molecule has 10 heteroatoms. The lowest BCUT2D eigenvalue weighted by atomic mass is 9.85. The van der Waals surface area contributed by atoms with Gasteiger partial charge < -0.3 is 14.5 Å². The fraction of sp³-hybridized carbons (Fsp3) is 0.677. The largest absolute Gasteiger partial charge is 0.444 e. The zero-order valence-corrected chi connectivity index (χ0v) is 25.2. The van der Waals surface area contributed by atoms with Gasteiger partial charge in [-0.25, -0.2) is 4.79 Å². The van der Waals surface area contributed by atoms with Gasteiger partial charge in [-0.3, -0.25) is 29.5 Å². The van der Waals surface area contributed by atoms with Gasteiger partial charge in [-0.15, -0.1) is 0 Å². The summed E-state index contributed by atoms with van der Waals surface area (Å²) in [6.07, 6.45) is 2.41. The molecule has 4 amide bonds. The van der Waals surface area contributed by atoms with Crippen LogP contribution in [0.15, 0.2) is 18.2 Å². The monoisotopic (exact) mass is 567 g/mol. The molecule has 0 saturated carbocycles. The molecule has 10 nitrogen and oxygen atoms in total. The van der Waals surface area contributed by atoms with Gasteiger partial charge in [0.25, 0.3) is 0 Å². The molecule has 0 aromatic heterocycles. The van der Waals surface area contributed by atoms with Crippen LogP contribution in [-0.2, 0) is 31.1 Å². The smallest absolute Gasteiger partial charge is 0.410 e. The van der Waals surface area contributed by atoms with Gasteiger partial charge in [0.1, 0.15) is 11.6 Å². The molecular formula is C31H45N5O5. The molecule has 5 rings (SSSR count). The Kier molecular flexibility index (Phi) is 8.18. The number of benzene rings is 1. The van der Waals surface area contributed by atoms with Crippen molar-refractivity contribution < 1.29 is 23.9 Å². The number of carbonyl (C=O) groups excluding carboxylic acids is 4. The van der Waals surface area contributed by atoms with Crippen molar-refractivity contribution in [1.82, 2.24) is 20.0 Å². The van der Waals surface area contributed by atoms with Crippen LogP contribution in [0.4, 0.5) is 10.5 Å². The highest BCUT2D eigenvalue weighted by molar-refractivity contribution is 6.13. The van der Waals surface area contributed by atoms with Crippen LogP contribution in [0.2, 0.25) is 0 Å². The molecule has 3 saturated heterocycles. The topological polar surface area (TPSA) is 102 Å². The number of likely N-dealkylation sites (tertiary alicyclic amines) is 1. The first-order valence-corrected chi connectivity index (χ1v) is 15.1. The van der Waals surface area contributed by atoms with Crippen LogP contribution >= 0.6 is 0 Å². The fourth-order valence-corrected chi connectivity index (χ4v) is 6.53. The Morgan fingerprint density at radius 3 is 2.27 bits per heavy atom. The molecule has 0 bridgehead atoms. The van der Waals surface area contributed by atoms with E-state index in [2.05, 4.69) is 27.2 Å². The molecule has 41 heavy (non-hydrogen) atoms. The molecule has 3 fully saturated rings. The van der Waals surface area contributed by atoms with E-state index in [4.69, 9.17) is 4.74 Å². The molecule has 4 aliphatic heterocycles. The maximum atomic E-state index is 13.4. The summed E-state index contributed by atoms with van der Waals surface area (Å²) in [4.78, 5) is 58.5. The molecule has 1 atom stereocenters. The van der Waals surface area contributed by atoms with Crippen molar-refractivity contribution in [2.75, 3.05) is 50.7 Å². The van der Waals surface area contributed by atoms with Crippen LogP contribution in [0.1, 0.15) is 71.4 Å². The number of rotatable bonds is 5. The zero-order valence-electron chi connectivity index (χ0n) is 25.2. The number of imide groups is 1. The number of hydrogen-bond acceptors (Lipinski definition) is 7. The summed E-state index contributed by atoms with van der Waals surface area (Å²) in [5.41, 5.74) is 1.70.